The topological polar surface area (TPSA) is 40.7 Å². The third-order valence-corrected chi connectivity index (χ3v) is 4.14. The molecule has 0 atom stereocenters. The van der Waals surface area contributed by atoms with Crippen LogP contribution in [0, 0.1) is 0 Å². The Morgan fingerprint density at radius 2 is 1.75 bits per heavy atom. The quantitative estimate of drug-likeness (QED) is 0.802. The first-order chi connectivity index (χ1) is 7.93. The maximum absolute atomic E-state index is 4.60. The molecule has 1 aliphatic carbocycles. The first kappa shape index (κ1) is 10.3. The molecule has 0 bridgehead atoms. The summed E-state index contributed by atoms with van der Waals surface area (Å²) in [6.07, 6.45) is 10.1. The lowest BCUT2D eigenvalue weighted by atomic mass is 9.97. The van der Waals surface area contributed by atoms with Crippen molar-refractivity contribution < 1.29 is 0 Å². The van der Waals surface area contributed by atoms with Gasteiger partial charge < -0.3 is 10.3 Å². The molecule has 2 fully saturated rings. The van der Waals surface area contributed by atoms with Crippen molar-refractivity contribution in [2.75, 3.05) is 13.1 Å². The van der Waals surface area contributed by atoms with Gasteiger partial charge in [0.2, 0.25) is 0 Å². The number of rotatable bonds is 2. The van der Waals surface area contributed by atoms with Crippen molar-refractivity contribution in [3.05, 3.63) is 17.7 Å². The summed E-state index contributed by atoms with van der Waals surface area (Å²) in [6, 6.07) is 0. The van der Waals surface area contributed by atoms with Crippen molar-refractivity contribution in [1.29, 1.82) is 0 Å². The van der Waals surface area contributed by atoms with Crippen LogP contribution in [0.3, 0.4) is 0 Å². The Morgan fingerprint density at radius 1 is 1.00 bits per heavy atom. The Morgan fingerprint density at radius 3 is 2.50 bits per heavy atom. The zero-order valence-electron chi connectivity index (χ0n) is 9.84. The molecule has 1 saturated heterocycles. The Hall–Kier alpha value is -0.830. The molecule has 3 nitrogen and oxygen atoms in total. The Kier molecular flexibility index (Phi) is 2.96. The summed E-state index contributed by atoms with van der Waals surface area (Å²) in [4.78, 5) is 8.19. The highest BCUT2D eigenvalue weighted by atomic mass is 14.9. The normalized spacial score (nSPS) is 24.0. The standard InChI is InChI=1S/C13H21N3/c1-2-4-10(3-1)12-9-15-13(16-12)11-5-7-14-8-6-11/h9-11,14H,1-8H2,(H,15,16). The predicted molar refractivity (Wildman–Crippen MR) is 64.6 cm³/mol. The summed E-state index contributed by atoms with van der Waals surface area (Å²) < 4.78 is 0. The van der Waals surface area contributed by atoms with Crippen LogP contribution in [0.5, 0.6) is 0 Å². The minimum absolute atomic E-state index is 0.663. The van der Waals surface area contributed by atoms with E-state index in [-0.39, 0.29) is 0 Å². The largest absolute Gasteiger partial charge is 0.345 e. The molecule has 0 aromatic carbocycles. The second-order valence-electron chi connectivity index (χ2n) is 5.23. The molecule has 2 N–H and O–H groups in total. The number of hydrogen-bond acceptors (Lipinski definition) is 2. The maximum Gasteiger partial charge on any atom is 0.109 e. The van der Waals surface area contributed by atoms with E-state index in [0.29, 0.717) is 5.92 Å². The van der Waals surface area contributed by atoms with Crippen LogP contribution in [0.15, 0.2) is 6.20 Å². The fourth-order valence-corrected chi connectivity index (χ4v) is 3.10. The number of nitrogens with one attached hydrogen (secondary N) is 2. The Balaban J connectivity index is 1.71. The molecule has 3 heteroatoms. The fourth-order valence-electron chi connectivity index (χ4n) is 3.10. The van der Waals surface area contributed by atoms with Crippen molar-refractivity contribution in [3.63, 3.8) is 0 Å². The van der Waals surface area contributed by atoms with Gasteiger partial charge in [-0.1, -0.05) is 12.8 Å². The first-order valence-electron chi connectivity index (χ1n) is 6.69. The summed E-state index contributed by atoms with van der Waals surface area (Å²) in [7, 11) is 0. The van der Waals surface area contributed by atoms with Crippen LogP contribution in [0.2, 0.25) is 0 Å². The SMILES string of the molecule is c1nc(C2CCNCC2)[nH]c1C1CCCC1. The summed E-state index contributed by atoms with van der Waals surface area (Å²) in [5.41, 5.74) is 1.39. The first-order valence-corrected chi connectivity index (χ1v) is 6.69. The van der Waals surface area contributed by atoms with Gasteiger partial charge in [0.05, 0.1) is 0 Å². The molecule has 88 valence electrons. The van der Waals surface area contributed by atoms with E-state index in [2.05, 4.69) is 21.5 Å². The van der Waals surface area contributed by atoms with Crippen molar-refractivity contribution in [1.82, 2.24) is 15.3 Å². The number of aromatic nitrogens is 2. The van der Waals surface area contributed by atoms with Crippen LogP contribution in [0.1, 0.15) is 61.9 Å². The summed E-state index contributed by atoms with van der Waals surface area (Å²) in [6.45, 7) is 2.29. The van der Waals surface area contributed by atoms with Crippen molar-refractivity contribution in [2.45, 2.75) is 50.4 Å². The lowest BCUT2D eigenvalue weighted by Gasteiger charge is -2.20. The average molecular weight is 219 g/mol. The van der Waals surface area contributed by atoms with E-state index in [1.165, 1.54) is 50.0 Å². The van der Waals surface area contributed by atoms with Crippen LogP contribution < -0.4 is 5.32 Å². The van der Waals surface area contributed by atoms with Crippen LogP contribution in [0.25, 0.3) is 0 Å². The van der Waals surface area contributed by atoms with Crippen LogP contribution >= 0.6 is 0 Å². The molecule has 0 radical (unpaired) electrons. The van der Waals surface area contributed by atoms with Gasteiger partial charge in [-0.25, -0.2) is 4.98 Å². The highest BCUT2D eigenvalue weighted by Gasteiger charge is 2.22. The van der Waals surface area contributed by atoms with Crippen molar-refractivity contribution in [2.24, 2.45) is 0 Å². The fraction of sp³-hybridized carbons (Fsp3) is 0.769. The van der Waals surface area contributed by atoms with Gasteiger partial charge in [0.1, 0.15) is 5.82 Å². The number of hydrogen-bond donors (Lipinski definition) is 2. The molecule has 1 aliphatic heterocycles. The summed E-state index contributed by atoms with van der Waals surface area (Å²) in [5.74, 6) is 2.67. The number of imidazole rings is 1. The molecular weight excluding hydrogens is 198 g/mol. The van der Waals surface area contributed by atoms with E-state index in [1.807, 2.05) is 0 Å². The Bertz CT molecular complexity index is 333. The van der Waals surface area contributed by atoms with Crippen LogP contribution in [0.4, 0.5) is 0 Å². The highest BCUT2D eigenvalue weighted by Crippen LogP contribution is 2.34. The molecule has 16 heavy (non-hydrogen) atoms. The molecule has 1 aromatic heterocycles. The monoisotopic (exact) mass is 219 g/mol. The zero-order chi connectivity index (χ0) is 10.8. The second kappa shape index (κ2) is 4.58. The molecule has 1 saturated carbocycles. The molecule has 1 aromatic rings. The van der Waals surface area contributed by atoms with E-state index in [1.54, 1.807) is 0 Å². The van der Waals surface area contributed by atoms with Gasteiger partial charge in [-0.3, -0.25) is 0 Å². The molecule has 0 spiro atoms. The van der Waals surface area contributed by atoms with Gasteiger partial charge in [-0.2, -0.15) is 0 Å². The maximum atomic E-state index is 4.60. The molecule has 2 heterocycles. The smallest absolute Gasteiger partial charge is 0.109 e. The third kappa shape index (κ3) is 2.01. The van der Waals surface area contributed by atoms with E-state index >= 15 is 0 Å². The third-order valence-electron chi connectivity index (χ3n) is 4.14. The lowest BCUT2D eigenvalue weighted by molar-refractivity contribution is 0.446. The van der Waals surface area contributed by atoms with E-state index in [9.17, 15) is 0 Å². The second-order valence-corrected chi connectivity index (χ2v) is 5.23. The van der Waals surface area contributed by atoms with Gasteiger partial charge in [-0.05, 0) is 38.8 Å². The molecular formula is C13H21N3. The van der Waals surface area contributed by atoms with Gasteiger partial charge in [0.25, 0.3) is 0 Å². The minimum atomic E-state index is 0.663. The minimum Gasteiger partial charge on any atom is -0.345 e. The van der Waals surface area contributed by atoms with E-state index in [0.717, 1.165) is 19.0 Å². The van der Waals surface area contributed by atoms with Crippen LogP contribution in [-0.2, 0) is 0 Å². The average Bonchev–Trinajstić information content (AvgIpc) is 3.01. The number of aromatic amines is 1. The molecule has 0 amide bonds. The molecule has 0 unspecified atom stereocenters. The lowest BCUT2D eigenvalue weighted by Crippen LogP contribution is -2.27. The number of piperidine rings is 1. The van der Waals surface area contributed by atoms with Gasteiger partial charge >= 0.3 is 0 Å². The summed E-state index contributed by atoms with van der Waals surface area (Å²) in [5, 5.41) is 3.40. The van der Waals surface area contributed by atoms with E-state index in [4.69, 9.17) is 0 Å². The van der Waals surface area contributed by atoms with Gasteiger partial charge in [0.15, 0.2) is 0 Å². The van der Waals surface area contributed by atoms with Crippen LogP contribution in [-0.4, -0.2) is 23.1 Å². The predicted octanol–water partition coefficient (Wildman–Crippen LogP) is 2.53. The van der Waals surface area contributed by atoms with Gasteiger partial charge in [0, 0.05) is 23.7 Å². The summed E-state index contributed by atoms with van der Waals surface area (Å²) >= 11 is 0. The number of H-pyrrole nitrogens is 1. The zero-order valence-corrected chi connectivity index (χ0v) is 9.84. The van der Waals surface area contributed by atoms with Gasteiger partial charge in [-0.15, -0.1) is 0 Å². The molecule has 2 aliphatic rings. The highest BCUT2D eigenvalue weighted by molar-refractivity contribution is 5.12. The number of nitrogens with zero attached hydrogens (tertiary/aromatic N) is 1. The van der Waals surface area contributed by atoms with Crippen molar-refractivity contribution >= 4 is 0 Å². The molecule has 3 rings (SSSR count). The van der Waals surface area contributed by atoms with E-state index < -0.39 is 0 Å². The van der Waals surface area contributed by atoms with Crippen molar-refractivity contribution in [3.8, 4) is 0 Å². The Labute approximate surface area is 97.0 Å².